The molecule has 0 spiro atoms. The quantitative estimate of drug-likeness (QED) is 0.0409. The van der Waals surface area contributed by atoms with Gasteiger partial charge in [0.2, 0.25) is 0 Å². The molecule has 6 nitrogen and oxygen atoms in total. The van der Waals surface area contributed by atoms with Crippen LogP contribution in [0.2, 0.25) is 0 Å². The van der Waals surface area contributed by atoms with E-state index >= 15 is 8.78 Å². The molecule has 114 heavy (non-hydrogen) atoms. The molecular formula is C68H54Cl28F2I2Mn2O6P6. The summed E-state index contributed by atoms with van der Waals surface area (Å²) in [5.74, 6) is -0.211. The first kappa shape index (κ1) is 140. The van der Waals surface area contributed by atoms with Gasteiger partial charge in [-0.1, -0.05) is 460 Å². The molecule has 0 bridgehead atoms. The summed E-state index contributed by atoms with van der Waals surface area (Å²) >= 11 is 126. The SMILES string of the molecule is CP1c2ccccc2P(C)c2ccccc2P(c2ccccc2F)c2ccccc21.CP1c2ccccc2P(C)c2ccccc2P(c2ccccc2F)c2ccccc21.ClC(Cl)Cl.ClC(Cl)Cl.ClC(Cl)Cl.ClC(Cl)Cl.ClC(Cl)Cl.ClC(Cl)Cl.ClC(Cl)Cl.ClC(Cl)Cl.ClC1[Cl+]C(Cl)[Cl+]1.[C-]#[O+].[C-]#[O+].[C-]#[O+].[C-]#[O+].[C-]#[O+].[C-]#[O+].[I-].[I-].[Mn].[Mn]. The van der Waals surface area contributed by atoms with Crippen molar-refractivity contribution in [2.45, 2.75) is 43.0 Å². The summed E-state index contributed by atoms with van der Waals surface area (Å²) in [6.45, 7) is 36.4. The number of halogens is 32. The number of fused-ring (bicyclic) bond motifs is 6. The molecule has 1 saturated heterocycles. The molecule has 3 aliphatic heterocycles. The van der Waals surface area contributed by atoms with Crippen molar-refractivity contribution in [3.63, 3.8) is 0 Å². The monoisotopic (exact) mass is 2530 g/mol. The number of benzene rings is 8. The molecule has 3 aliphatic rings. The van der Waals surface area contributed by atoms with E-state index in [1.54, 1.807) is 24.3 Å². The third-order valence-corrected chi connectivity index (χ3v) is 29.9. The Labute approximate surface area is 866 Å². The molecule has 3 heterocycles. The van der Waals surface area contributed by atoms with E-state index in [2.05, 4.69) is 212 Å². The third kappa shape index (κ3) is 64.1. The zero-order valence-corrected chi connectivity index (χ0v) is 90.4. The summed E-state index contributed by atoms with van der Waals surface area (Å²) < 4.78 is 69.6. The minimum Gasteiger partial charge on any atom is -1.00 e. The van der Waals surface area contributed by atoms with Crippen molar-refractivity contribution in [1.82, 2.24) is 0 Å². The van der Waals surface area contributed by atoms with Crippen LogP contribution in [0.1, 0.15) is 0 Å². The fourth-order valence-corrected chi connectivity index (χ4v) is 28.1. The van der Waals surface area contributed by atoms with Gasteiger partial charge in [-0.2, -0.15) is 0 Å². The molecule has 2 radical (unpaired) electrons. The summed E-state index contributed by atoms with van der Waals surface area (Å²) in [7, 11) is -0.157. The Balaban J connectivity index is -0.000000148. The molecule has 8 aromatic carbocycles. The number of hydrogen-bond donors (Lipinski definition) is 0. The van der Waals surface area contributed by atoms with E-state index in [1.165, 1.54) is 63.7 Å². The van der Waals surface area contributed by atoms with Crippen molar-refractivity contribution >= 4 is 423 Å². The molecule has 0 amide bonds. The zero-order chi connectivity index (χ0) is 86.5. The smallest absolute Gasteiger partial charge is 0 e. The van der Waals surface area contributed by atoms with E-state index < -0.39 is 81.9 Å². The van der Waals surface area contributed by atoms with E-state index in [0.29, 0.717) is 0 Å². The predicted molar refractivity (Wildman–Crippen MR) is 485 cm³/mol. The van der Waals surface area contributed by atoms with Crippen molar-refractivity contribution < 1.29 is 140 Å². The molecule has 4 unspecified atom stereocenters. The summed E-state index contributed by atoms with van der Waals surface area (Å²) in [6, 6.07) is 67.5. The molecule has 0 aromatic heterocycles. The molecule has 11 rings (SSSR count). The molecule has 1 fully saturated rings. The second-order valence-electron chi connectivity index (χ2n) is 17.5. The number of alkyl halides is 30. The van der Waals surface area contributed by atoms with E-state index in [0.717, 1.165) is 10.6 Å². The molecule has 0 aliphatic carbocycles. The van der Waals surface area contributed by atoms with Crippen molar-refractivity contribution in [1.29, 1.82) is 0 Å². The molecular weight excluding hydrogens is 2490 g/mol. The summed E-state index contributed by atoms with van der Waals surface area (Å²) in [5, 5.41) is 18.1. The molecule has 8 aromatic rings. The molecule has 0 saturated carbocycles. The molecule has 630 valence electrons. The van der Waals surface area contributed by atoms with Gasteiger partial charge in [-0.05, 0) is 150 Å². The van der Waals surface area contributed by atoms with Crippen molar-refractivity contribution in [2.75, 3.05) is 26.7 Å². The Morgan fingerprint density at radius 1 is 0.237 bits per heavy atom. The number of hydrogen-bond acceptors (Lipinski definition) is 0. The second-order valence-corrected chi connectivity index (χ2v) is 50.3. The van der Waals surface area contributed by atoms with Gasteiger partial charge >= 0.3 is 98.0 Å². The topological polar surface area (TPSA) is 119 Å². The normalized spacial score (nSPS) is 15.6. The van der Waals surface area contributed by atoms with Gasteiger partial charge in [-0.3, -0.25) is 0 Å². The first-order valence-corrected chi connectivity index (χ1v) is 50.6. The summed E-state index contributed by atoms with van der Waals surface area (Å²) in [5.41, 5.74) is 0. The van der Waals surface area contributed by atoms with E-state index in [1.807, 2.05) is 45.9 Å². The van der Waals surface area contributed by atoms with E-state index in [4.69, 9.17) is 330 Å². The van der Waals surface area contributed by atoms with Crippen LogP contribution in [0.3, 0.4) is 0 Å². The standard InChI is InChI=1S/2C26H22FP3.C2H2Cl4.8CHCl3.6CO.2HI.2Mn/c2*1-28-21-13-5-6-14-22(21)29(2)24-16-8-10-18-26(24)30(20-12-4-3-11-19(20)27)25-17-9-7-15-23(25)28;3-1-5-2(4)6-1;8*2-1(3)4;6*1-2;;;;/h2*3-18H,1-2H3;1-2H;8*1H;;;;;;;2*1H;;/q;;+2;;;;;;;;;;;;;;;;;;/p-2. The molecule has 46 heteroatoms. The Morgan fingerprint density at radius 3 is 0.439 bits per heavy atom. The van der Waals surface area contributed by atoms with Crippen LogP contribution in [-0.2, 0) is 62.1 Å². The first-order chi connectivity index (χ1) is 52.0. The Morgan fingerprint density at radius 2 is 0.333 bits per heavy atom. The van der Waals surface area contributed by atoms with Crippen LogP contribution in [0.15, 0.2) is 194 Å². The Kier molecular flexibility index (Phi) is 109. The largest absolute Gasteiger partial charge is 1.00 e. The van der Waals surface area contributed by atoms with Crippen LogP contribution >= 0.6 is 349 Å². The van der Waals surface area contributed by atoms with Crippen LogP contribution < -0.4 is 122 Å². The van der Waals surface area contributed by atoms with Crippen LogP contribution in [0.5, 0.6) is 0 Å². The van der Waals surface area contributed by atoms with Gasteiger partial charge in [0, 0.05) is 67.9 Å². The summed E-state index contributed by atoms with van der Waals surface area (Å²) in [4.78, 5) is 0. The van der Waals surface area contributed by atoms with E-state index in [9.17, 15) is 0 Å². The Hall–Kier alpha value is 5.26. The third-order valence-electron chi connectivity index (χ3n) is 11.7. The van der Waals surface area contributed by atoms with Crippen molar-refractivity contribution in [3.05, 3.63) is 246 Å². The maximum Gasteiger partial charge on any atom is 0 e. The van der Waals surface area contributed by atoms with Crippen molar-refractivity contribution in [2.24, 2.45) is 0 Å². The maximum absolute atomic E-state index is 15.2. The van der Waals surface area contributed by atoms with Crippen molar-refractivity contribution in [3.8, 4) is 0 Å². The predicted octanol–water partition coefficient (Wildman–Crippen LogP) is 18.9. The van der Waals surface area contributed by atoms with Gasteiger partial charge in [0.1, 0.15) is 11.6 Å². The zero-order valence-electron chi connectivity index (χ0n) is 57.2. The average molecular weight is 2550 g/mol. The van der Waals surface area contributed by atoms with Gasteiger partial charge < -0.3 is 48.0 Å². The maximum atomic E-state index is 15.2. The minimum absolute atomic E-state index is 0. The van der Waals surface area contributed by atoms with Gasteiger partial charge in [-0.25, -0.2) is 8.78 Å². The van der Waals surface area contributed by atoms with Gasteiger partial charge in [0.25, 0.3) is 0 Å². The average Bonchev–Trinajstić information content (AvgIpc) is 1.55. The first-order valence-electron chi connectivity index (χ1n) is 27.7. The fourth-order valence-electron chi connectivity index (χ4n) is 8.53. The van der Waals surface area contributed by atoms with Crippen LogP contribution in [-0.4, -0.2) is 69.6 Å². The molecule has 4 atom stereocenters. The van der Waals surface area contributed by atoms with Gasteiger partial charge in [0.15, 0.2) is 34.4 Å². The van der Waals surface area contributed by atoms with Crippen LogP contribution in [0.4, 0.5) is 8.78 Å². The van der Waals surface area contributed by atoms with E-state index in [-0.39, 0.29) is 102 Å². The minimum atomic E-state index is -0.978. The second kappa shape index (κ2) is 88.9. The number of rotatable bonds is 2. The van der Waals surface area contributed by atoms with Crippen LogP contribution in [0, 0.1) is 73.1 Å². The summed E-state index contributed by atoms with van der Waals surface area (Å²) in [6.07, 6.45) is 0. The Bertz CT molecular complexity index is 3360. The fraction of sp³-hybridized carbons (Fsp3) is 0.206. The van der Waals surface area contributed by atoms with Gasteiger partial charge in [-0.15, -0.1) is 0 Å². The van der Waals surface area contributed by atoms with Gasteiger partial charge in [0.05, 0.1) is 0 Å². The van der Waals surface area contributed by atoms with Crippen LogP contribution in [0.25, 0.3) is 0 Å². The molecule has 0 N–H and O–H groups in total.